The third-order valence-corrected chi connectivity index (χ3v) is 7.72. The fourth-order valence-corrected chi connectivity index (χ4v) is 6.14. The van der Waals surface area contributed by atoms with Crippen LogP contribution in [0.1, 0.15) is 34.6 Å². The molecule has 0 saturated heterocycles. The average molecular weight is 475 g/mol. The molecule has 0 aliphatic rings. The molecule has 0 aliphatic carbocycles. The van der Waals surface area contributed by atoms with E-state index in [1.165, 1.54) is 34.9 Å². The third-order valence-electron chi connectivity index (χ3n) is 4.43. The fraction of sp³-hybridized carbons (Fsp3) is 0.273. The Labute approximate surface area is 193 Å². The van der Waals surface area contributed by atoms with Crippen molar-refractivity contribution in [3.63, 3.8) is 0 Å². The number of hydrogen-bond acceptors (Lipinski definition) is 9. The van der Waals surface area contributed by atoms with Crippen LogP contribution in [0.3, 0.4) is 0 Å². The first kappa shape index (κ1) is 23.3. The lowest BCUT2D eigenvalue weighted by molar-refractivity contribution is 0.0986. The summed E-state index contributed by atoms with van der Waals surface area (Å²) in [5, 5.41) is 7.74. The van der Waals surface area contributed by atoms with Gasteiger partial charge < -0.3 is 9.47 Å². The van der Waals surface area contributed by atoms with Gasteiger partial charge >= 0.3 is 0 Å². The van der Waals surface area contributed by atoms with Crippen LogP contribution in [0.2, 0.25) is 0 Å². The first-order valence-corrected chi connectivity index (χ1v) is 12.0. The van der Waals surface area contributed by atoms with Gasteiger partial charge in [0, 0.05) is 11.1 Å². The SMILES string of the molecule is COc1ccc(C(=O)C(C)Sc2nnc(SC(C)C(=O)c3ccc(OC)cc3)s2)cc1. The monoisotopic (exact) mass is 474 g/mol. The summed E-state index contributed by atoms with van der Waals surface area (Å²) in [5.74, 6) is 1.45. The number of ether oxygens (including phenoxy) is 2. The maximum Gasteiger partial charge on any atom is 0.175 e. The first-order chi connectivity index (χ1) is 14.9. The van der Waals surface area contributed by atoms with Gasteiger partial charge in [-0.3, -0.25) is 9.59 Å². The minimum Gasteiger partial charge on any atom is -0.497 e. The van der Waals surface area contributed by atoms with Gasteiger partial charge in [-0.15, -0.1) is 10.2 Å². The van der Waals surface area contributed by atoms with E-state index in [9.17, 15) is 9.59 Å². The van der Waals surface area contributed by atoms with Crippen molar-refractivity contribution < 1.29 is 19.1 Å². The zero-order valence-electron chi connectivity index (χ0n) is 17.5. The number of rotatable bonds is 10. The number of hydrogen-bond donors (Lipinski definition) is 0. The second-order valence-electron chi connectivity index (χ2n) is 6.54. The first-order valence-electron chi connectivity index (χ1n) is 9.44. The summed E-state index contributed by atoms with van der Waals surface area (Å²) < 4.78 is 11.7. The van der Waals surface area contributed by atoms with Gasteiger partial charge in [-0.05, 0) is 62.4 Å². The highest BCUT2D eigenvalue weighted by Gasteiger charge is 2.22. The Morgan fingerprint density at radius 2 is 1.10 bits per heavy atom. The lowest BCUT2D eigenvalue weighted by atomic mass is 10.1. The highest BCUT2D eigenvalue weighted by atomic mass is 32.2. The molecule has 0 fully saturated rings. The summed E-state index contributed by atoms with van der Waals surface area (Å²) in [4.78, 5) is 25.3. The maximum absolute atomic E-state index is 12.7. The Morgan fingerprint density at radius 3 is 1.42 bits per heavy atom. The van der Waals surface area contributed by atoms with Crippen LogP contribution in [-0.2, 0) is 0 Å². The second-order valence-corrected chi connectivity index (χ2v) is 10.7. The lowest BCUT2D eigenvalue weighted by Crippen LogP contribution is -2.13. The highest BCUT2D eigenvalue weighted by Crippen LogP contribution is 2.34. The van der Waals surface area contributed by atoms with Crippen LogP contribution in [-0.4, -0.2) is 46.5 Å². The van der Waals surface area contributed by atoms with Crippen molar-refractivity contribution in [3.05, 3.63) is 59.7 Å². The van der Waals surface area contributed by atoms with Crippen LogP contribution in [0.5, 0.6) is 11.5 Å². The van der Waals surface area contributed by atoms with E-state index >= 15 is 0 Å². The number of carbonyl (C=O) groups is 2. The molecule has 3 aromatic rings. The molecule has 9 heteroatoms. The van der Waals surface area contributed by atoms with Gasteiger partial charge in [-0.25, -0.2) is 0 Å². The van der Waals surface area contributed by atoms with Gasteiger partial charge in [0.15, 0.2) is 20.2 Å². The Balaban J connectivity index is 1.58. The van der Waals surface area contributed by atoms with Crippen molar-refractivity contribution >= 4 is 46.4 Å². The summed E-state index contributed by atoms with van der Waals surface area (Å²) in [6.07, 6.45) is 0. The van der Waals surface area contributed by atoms with Gasteiger partial charge in [0.05, 0.1) is 24.7 Å². The molecule has 0 saturated carbocycles. The lowest BCUT2D eigenvalue weighted by Gasteiger charge is -2.09. The maximum atomic E-state index is 12.7. The summed E-state index contributed by atoms with van der Waals surface area (Å²) >= 11 is 4.12. The molecule has 0 bridgehead atoms. The molecule has 31 heavy (non-hydrogen) atoms. The number of Topliss-reactive ketones (excluding diaryl/α,β-unsaturated/α-hetero) is 2. The zero-order valence-corrected chi connectivity index (χ0v) is 20.0. The number of carbonyl (C=O) groups excluding carboxylic acids is 2. The number of aromatic nitrogens is 2. The zero-order chi connectivity index (χ0) is 22.4. The standard InChI is InChI=1S/C22H22N2O4S3/c1-13(19(25)15-5-9-17(27-3)10-6-15)29-21-23-24-22(31-21)30-14(2)20(26)16-7-11-18(28-4)12-8-16/h5-14H,1-4H3. The van der Waals surface area contributed by atoms with Crippen molar-refractivity contribution in [1.82, 2.24) is 10.2 Å². The molecular formula is C22H22N2O4S3. The number of methoxy groups -OCH3 is 2. The van der Waals surface area contributed by atoms with E-state index in [4.69, 9.17) is 9.47 Å². The van der Waals surface area contributed by atoms with E-state index in [0.717, 1.165) is 0 Å². The molecule has 0 spiro atoms. The van der Waals surface area contributed by atoms with E-state index in [1.807, 2.05) is 13.8 Å². The summed E-state index contributed by atoms with van der Waals surface area (Å²) in [7, 11) is 3.18. The number of nitrogens with zero attached hydrogens (tertiary/aromatic N) is 2. The normalized spacial score (nSPS) is 12.8. The van der Waals surface area contributed by atoms with E-state index in [2.05, 4.69) is 10.2 Å². The van der Waals surface area contributed by atoms with Crippen molar-refractivity contribution in [2.24, 2.45) is 0 Å². The third kappa shape index (κ3) is 6.09. The average Bonchev–Trinajstić information content (AvgIpc) is 3.24. The Hall–Kier alpha value is -2.36. The second kappa shape index (κ2) is 10.8. The summed E-state index contributed by atoms with van der Waals surface area (Å²) in [6, 6.07) is 14.1. The molecule has 2 aromatic carbocycles. The van der Waals surface area contributed by atoms with Crippen molar-refractivity contribution in [2.75, 3.05) is 14.2 Å². The van der Waals surface area contributed by atoms with Gasteiger partial charge in [-0.2, -0.15) is 0 Å². The van der Waals surface area contributed by atoms with E-state index < -0.39 is 0 Å². The predicted molar refractivity (Wildman–Crippen MR) is 125 cm³/mol. The van der Waals surface area contributed by atoms with Crippen LogP contribution in [0.15, 0.2) is 57.2 Å². The van der Waals surface area contributed by atoms with Gasteiger partial charge in [0.1, 0.15) is 11.5 Å². The number of ketones is 2. The largest absolute Gasteiger partial charge is 0.497 e. The summed E-state index contributed by atoms with van der Waals surface area (Å²) in [5.41, 5.74) is 1.25. The van der Waals surface area contributed by atoms with Crippen LogP contribution in [0.4, 0.5) is 0 Å². The predicted octanol–water partition coefficient (Wildman–Crippen LogP) is 5.28. The molecular weight excluding hydrogens is 452 g/mol. The molecule has 1 aromatic heterocycles. The molecule has 6 nitrogen and oxygen atoms in total. The van der Waals surface area contributed by atoms with Crippen LogP contribution in [0, 0.1) is 0 Å². The van der Waals surface area contributed by atoms with Crippen LogP contribution < -0.4 is 9.47 Å². The van der Waals surface area contributed by atoms with E-state index in [0.29, 0.717) is 31.3 Å². The van der Waals surface area contributed by atoms with Gasteiger partial charge in [0.25, 0.3) is 0 Å². The van der Waals surface area contributed by atoms with Crippen LogP contribution in [0.25, 0.3) is 0 Å². The molecule has 0 radical (unpaired) electrons. The highest BCUT2D eigenvalue weighted by molar-refractivity contribution is 8.04. The van der Waals surface area contributed by atoms with Crippen molar-refractivity contribution in [3.8, 4) is 11.5 Å². The number of benzene rings is 2. The minimum atomic E-state index is -0.308. The molecule has 0 amide bonds. The Morgan fingerprint density at radius 1 is 0.742 bits per heavy atom. The van der Waals surface area contributed by atoms with Crippen molar-refractivity contribution in [1.29, 1.82) is 0 Å². The Kier molecular flexibility index (Phi) is 8.11. The molecule has 2 atom stereocenters. The van der Waals surface area contributed by atoms with E-state index in [-0.39, 0.29) is 22.1 Å². The van der Waals surface area contributed by atoms with Gasteiger partial charge in [-0.1, -0.05) is 34.9 Å². The molecule has 0 N–H and O–H groups in total. The molecule has 2 unspecified atom stereocenters. The fourth-order valence-electron chi connectivity index (χ4n) is 2.68. The molecule has 162 valence electrons. The summed E-state index contributed by atoms with van der Waals surface area (Å²) in [6.45, 7) is 3.70. The molecule has 3 rings (SSSR count). The van der Waals surface area contributed by atoms with Crippen LogP contribution >= 0.6 is 34.9 Å². The van der Waals surface area contributed by atoms with Crippen molar-refractivity contribution in [2.45, 2.75) is 33.0 Å². The molecule has 1 heterocycles. The number of thioether (sulfide) groups is 2. The van der Waals surface area contributed by atoms with Gasteiger partial charge in [0.2, 0.25) is 0 Å². The van der Waals surface area contributed by atoms with E-state index in [1.54, 1.807) is 62.8 Å². The quantitative estimate of drug-likeness (QED) is 0.290. The molecule has 0 aliphatic heterocycles. The topological polar surface area (TPSA) is 78.4 Å². The smallest absolute Gasteiger partial charge is 0.175 e. The minimum absolute atomic E-state index is 0.0140. The Bertz CT molecular complexity index is 954.